The maximum Gasteiger partial charge on any atom is 0.328 e. The SMILES string of the molecule is COC(=O)[C@H](Cc1ccccc1F)NC(=O)c1ccccc1. The highest BCUT2D eigenvalue weighted by Crippen LogP contribution is 2.10. The number of carbonyl (C=O) groups is 2. The first-order valence-corrected chi connectivity index (χ1v) is 6.79. The lowest BCUT2D eigenvalue weighted by Crippen LogP contribution is -2.43. The number of amides is 1. The van der Waals surface area contributed by atoms with E-state index in [1.807, 2.05) is 0 Å². The van der Waals surface area contributed by atoms with Crippen LogP contribution in [0.4, 0.5) is 4.39 Å². The number of carbonyl (C=O) groups excluding carboxylic acids is 2. The Morgan fingerprint density at radius 2 is 1.73 bits per heavy atom. The number of nitrogens with one attached hydrogen (secondary N) is 1. The molecule has 5 heteroatoms. The Bertz CT molecular complexity index is 658. The average molecular weight is 301 g/mol. The summed E-state index contributed by atoms with van der Waals surface area (Å²) in [6.07, 6.45) is 0.0257. The molecule has 0 aliphatic carbocycles. The van der Waals surface area contributed by atoms with Crippen LogP contribution in [0.5, 0.6) is 0 Å². The van der Waals surface area contributed by atoms with Gasteiger partial charge in [0.05, 0.1) is 7.11 Å². The first-order valence-electron chi connectivity index (χ1n) is 6.79. The molecule has 4 nitrogen and oxygen atoms in total. The van der Waals surface area contributed by atoms with Crippen LogP contribution < -0.4 is 5.32 Å². The number of esters is 1. The molecule has 114 valence electrons. The zero-order valence-electron chi connectivity index (χ0n) is 12.1. The molecular formula is C17H16FNO3. The number of methoxy groups -OCH3 is 1. The molecule has 2 aromatic carbocycles. The molecule has 1 atom stereocenters. The van der Waals surface area contributed by atoms with E-state index in [0.717, 1.165) is 0 Å². The van der Waals surface area contributed by atoms with E-state index in [9.17, 15) is 14.0 Å². The van der Waals surface area contributed by atoms with Crippen LogP contribution in [0.1, 0.15) is 15.9 Å². The molecule has 0 saturated carbocycles. The minimum atomic E-state index is -0.949. The van der Waals surface area contributed by atoms with Crippen molar-refractivity contribution in [2.45, 2.75) is 12.5 Å². The molecule has 2 aromatic rings. The molecule has 1 amide bonds. The lowest BCUT2D eigenvalue weighted by atomic mass is 10.0. The molecule has 0 saturated heterocycles. The Morgan fingerprint density at radius 3 is 2.36 bits per heavy atom. The highest BCUT2D eigenvalue weighted by atomic mass is 19.1. The summed E-state index contributed by atoms with van der Waals surface area (Å²) in [4.78, 5) is 24.0. The van der Waals surface area contributed by atoms with Gasteiger partial charge in [-0.05, 0) is 23.8 Å². The number of hydrogen-bond acceptors (Lipinski definition) is 3. The summed E-state index contributed by atoms with van der Waals surface area (Å²) in [7, 11) is 1.23. The van der Waals surface area contributed by atoms with Crippen LogP contribution in [-0.4, -0.2) is 25.0 Å². The maximum atomic E-state index is 13.7. The molecule has 0 bridgehead atoms. The standard InChI is InChI=1S/C17H16FNO3/c1-22-17(21)15(11-13-9-5-6-10-14(13)18)19-16(20)12-7-3-2-4-8-12/h2-10,15H,11H2,1H3,(H,19,20)/t15-/m0/s1. The summed E-state index contributed by atoms with van der Waals surface area (Å²) >= 11 is 0. The number of benzene rings is 2. The van der Waals surface area contributed by atoms with Crippen molar-refractivity contribution < 1.29 is 18.7 Å². The van der Waals surface area contributed by atoms with Gasteiger partial charge in [0.1, 0.15) is 11.9 Å². The van der Waals surface area contributed by atoms with Crippen molar-refractivity contribution in [1.29, 1.82) is 0 Å². The second-order valence-corrected chi connectivity index (χ2v) is 4.71. The fourth-order valence-electron chi connectivity index (χ4n) is 2.05. The molecule has 1 N–H and O–H groups in total. The van der Waals surface area contributed by atoms with Crippen molar-refractivity contribution >= 4 is 11.9 Å². The molecule has 0 unspecified atom stereocenters. The zero-order chi connectivity index (χ0) is 15.9. The Kier molecular flexibility index (Phi) is 5.25. The first-order chi connectivity index (χ1) is 10.6. The number of ether oxygens (including phenoxy) is 1. The molecule has 0 aliphatic rings. The van der Waals surface area contributed by atoms with Gasteiger partial charge in [-0.15, -0.1) is 0 Å². The van der Waals surface area contributed by atoms with Crippen LogP contribution in [0.25, 0.3) is 0 Å². The predicted molar refractivity (Wildman–Crippen MR) is 79.8 cm³/mol. The Hall–Kier alpha value is -2.69. The molecule has 0 aromatic heterocycles. The van der Waals surface area contributed by atoms with Crippen LogP contribution >= 0.6 is 0 Å². The molecule has 0 fully saturated rings. The molecule has 22 heavy (non-hydrogen) atoms. The maximum absolute atomic E-state index is 13.7. The predicted octanol–water partition coefficient (Wildman–Crippen LogP) is 2.34. The molecule has 0 aliphatic heterocycles. The second-order valence-electron chi connectivity index (χ2n) is 4.71. The minimum Gasteiger partial charge on any atom is -0.467 e. The largest absolute Gasteiger partial charge is 0.467 e. The average Bonchev–Trinajstić information content (AvgIpc) is 2.56. The summed E-state index contributed by atoms with van der Waals surface area (Å²) < 4.78 is 18.4. The third-order valence-electron chi connectivity index (χ3n) is 3.21. The Balaban J connectivity index is 2.15. The van der Waals surface area contributed by atoms with Gasteiger partial charge < -0.3 is 10.1 Å². The minimum absolute atomic E-state index is 0.0257. The van der Waals surface area contributed by atoms with Crippen molar-refractivity contribution in [2.24, 2.45) is 0 Å². The Labute approximate surface area is 127 Å². The lowest BCUT2D eigenvalue weighted by Gasteiger charge is -2.17. The third-order valence-corrected chi connectivity index (χ3v) is 3.21. The van der Waals surface area contributed by atoms with Gasteiger partial charge in [-0.2, -0.15) is 0 Å². The fraction of sp³-hybridized carbons (Fsp3) is 0.176. The Morgan fingerprint density at radius 1 is 1.09 bits per heavy atom. The fourth-order valence-corrected chi connectivity index (χ4v) is 2.05. The lowest BCUT2D eigenvalue weighted by molar-refractivity contribution is -0.142. The molecule has 0 heterocycles. The molecule has 0 spiro atoms. The topological polar surface area (TPSA) is 55.4 Å². The highest BCUT2D eigenvalue weighted by molar-refractivity contribution is 5.96. The van der Waals surface area contributed by atoms with Crippen LogP contribution in [0.2, 0.25) is 0 Å². The van der Waals surface area contributed by atoms with Gasteiger partial charge in [0.15, 0.2) is 0 Å². The van der Waals surface area contributed by atoms with Gasteiger partial charge in [0, 0.05) is 12.0 Å². The van der Waals surface area contributed by atoms with E-state index in [-0.39, 0.29) is 6.42 Å². The van der Waals surface area contributed by atoms with E-state index < -0.39 is 23.7 Å². The molecule has 0 radical (unpaired) electrons. The second kappa shape index (κ2) is 7.36. The van der Waals surface area contributed by atoms with E-state index >= 15 is 0 Å². The zero-order valence-corrected chi connectivity index (χ0v) is 12.1. The third kappa shape index (κ3) is 3.91. The summed E-state index contributed by atoms with van der Waals surface area (Å²) in [5, 5.41) is 2.58. The van der Waals surface area contributed by atoms with E-state index in [4.69, 9.17) is 0 Å². The van der Waals surface area contributed by atoms with Gasteiger partial charge in [-0.1, -0.05) is 36.4 Å². The van der Waals surface area contributed by atoms with Crippen molar-refractivity contribution in [3.8, 4) is 0 Å². The van der Waals surface area contributed by atoms with Gasteiger partial charge in [-0.3, -0.25) is 4.79 Å². The van der Waals surface area contributed by atoms with E-state index in [1.54, 1.807) is 48.5 Å². The summed E-state index contributed by atoms with van der Waals surface area (Å²) in [5.41, 5.74) is 0.760. The van der Waals surface area contributed by atoms with E-state index in [1.165, 1.54) is 13.2 Å². The number of hydrogen-bond donors (Lipinski definition) is 1. The number of halogens is 1. The number of rotatable bonds is 5. The summed E-state index contributed by atoms with van der Waals surface area (Å²) in [5.74, 6) is -1.45. The van der Waals surface area contributed by atoms with Gasteiger partial charge in [0.25, 0.3) is 5.91 Å². The van der Waals surface area contributed by atoms with Crippen molar-refractivity contribution in [3.05, 3.63) is 71.5 Å². The van der Waals surface area contributed by atoms with Gasteiger partial charge >= 0.3 is 5.97 Å². The van der Waals surface area contributed by atoms with E-state index in [0.29, 0.717) is 11.1 Å². The quantitative estimate of drug-likeness (QED) is 0.862. The smallest absolute Gasteiger partial charge is 0.328 e. The monoisotopic (exact) mass is 301 g/mol. The highest BCUT2D eigenvalue weighted by Gasteiger charge is 2.23. The van der Waals surface area contributed by atoms with Crippen LogP contribution in [0.15, 0.2) is 54.6 Å². The summed E-state index contributed by atoms with van der Waals surface area (Å²) in [6, 6.07) is 13.7. The van der Waals surface area contributed by atoms with Crippen molar-refractivity contribution in [2.75, 3.05) is 7.11 Å². The summed E-state index contributed by atoms with van der Waals surface area (Å²) in [6.45, 7) is 0. The molecular weight excluding hydrogens is 285 g/mol. The van der Waals surface area contributed by atoms with Crippen molar-refractivity contribution in [1.82, 2.24) is 5.32 Å². The first kappa shape index (κ1) is 15.7. The van der Waals surface area contributed by atoms with Gasteiger partial charge in [0.2, 0.25) is 0 Å². The van der Waals surface area contributed by atoms with Crippen LogP contribution in [-0.2, 0) is 16.0 Å². The normalized spacial score (nSPS) is 11.5. The van der Waals surface area contributed by atoms with Crippen LogP contribution in [0.3, 0.4) is 0 Å². The van der Waals surface area contributed by atoms with E-state index in [2.05, 4.69) is 10.1 Å². The van der Waals surface area contributed by atoms with Crippen molar-refractivity contribution in [3.63, 3.8) is 0 Å². The van der Waals surface area contributed by atoms with Crippen LogP contribution in [0, 0.1) is 5.82 Å². The van der Waals surface area contributed by atoms with Gasteiger partial charge in [-0.25, -0.2) is 9.18 Å². The molecule has 2 rings (SSSR count).